The smallest absolute Gasteiger partial charge is 0.0559 e. The summed E-state index contributed by atoms with van der Waals surface area (Å²) in [5.74, 6) is 0.807. The molecular formula is C22H20N4. The van der Waals surface area contributed by atoms with Gasteiger partial charge in [0.05, 0.1) is 11.9 Å². The van der Waals surface area contributed by atoms with Gasteiger partial charge in [-0.15, -0.1) is 0 Å². The van der Waals surface area contributed by atoms with Gasteiger partial charge in [0.2, 0.25) is 0 Å². The molecule has 0 unspecified atom stereocenters. The number of nitrogens with one attached hydrogen (secondary N) is 2. The van der Waals surface area contributed by atoms with Crippen molar-refractivity contribution in [2.24, 2.45) is 5.92 Å². The molecule has 2 fully saturated rings. The van der Waals surface area contributed by atoms with Crippen LogP contribution in [0.2, 0.25) is 0 Å². The van der Waals surface area contributed by atoms with Crippen LogP contribution in [-0.2, 0) is 0 Å². The van der Waals surface area contributed by atoms with Gasteiger partial charge in [0.15, 0.2) is 0 Å². The highest BCUT2D eigenvalue weighted by Gasteiger charge is 2.39. The van der Waals surface area contributed by atoms with E-state index in [4.69, 9.17) is 0 Å². The normalized spacial score (nSPS) is 21.9. The van der Waals surface area contributed by atoms with Crippen molar-refractivity contribution in [1.29, 1.82) is 0 Å². The first kappa shape index (κ1) is 14.3. The molecule has 0 spiro atoms. The Bertz CT molecular complexity index is 1120. The minimum atomic E-state index is 0.668. The maximum absolute atomic E-state index is 4.54. The summed E-state index contributed by atoms with van der Waals surface area (Å²) < 4.78 is 0. The van der Waals surface area contributed by atoms with Crippen LogP contribution in [0.5, 0.6) is 0 Å². The van der Waals surface area contributed by atoms with Gasteiger partial charge in [-0.05, 0) is 29.8 Å². The summed E-state index contributed by atoms with van der Waals surface area (Å²) in [6.45, 7) is 3.40. The number of anilines is 1. The molecular weight excluding hydrogens is 320 g/mol. The number of pyridine rings is 1. The van der Waals surface area contributed by atoms with Gasteiger partial charge in [0, 0.05) is 65.2 Å². The topological polar surface area (TPSA) is 44.0 Å². The van der Waals surface area contributed by atoms with E-state index in [-0.39, 0.29) is 0 Å². The number of fused-ring (bicyclic) bond motifs is 4. The third-order valence-corrected chi connectivity index (χ3v) is 6.01. The van der Waals surface area contributed by atoms with Crippen molar-refractivity contribution in [3.05, 3.63) is 60.9 Å². The number of para-hydroxylation sites is 1. The van der Waals surface area contributed by atoms with Crippen molar-refractivity contribution in [2.45, 2.75) is 6.04 Å². The van der Waals surface area contributed by atoms with Crippen LogP contribution in [-0.4, -0.2) is 35.6 Å². The molecule has 2 atom stereocenters. The second kappa shape index (κ2) is 5.32. The van der Waals surface area contributed by atoms with E-state index in [2.05, 4.69) is 68.7 Å². The second-order valence-electron chi connectivity index (χ2n) is 7.54. The summed E-state index contributed by atoms with van der Waals surface area (Å²) in [6, 6.07) is 18.1. The molecule has 4 heteroatoms. The van der Waals surface area contributed by atoms with E-state index in [1.165, 1.54) is 38.6 Å². The first-order valence-electron chi connectivity index (χ1n) is 9.29. The Hall–Kier alpha value is -2.85. The first-order valence-corrected chi connectivity index (χ1v) is 9.29. The summed E-state index contributed by atoms with van der Waals surface area (Å²) in [6.07, 6.45) is 3.97. The Morgan fingerprint density at radius 3 is 2.65 bits per heavy atom. The van der Waals surface area contributed by atoms with Crippen LogP contribution in [0.1, 0.15) is 0 Å². The summed E-state index contributed by atoms with van der Waals surface area (Å²) in [4.78, 5) is 10.5. The Balaban J connectivity index is 1.42. The molecule has 2 aromatic carbocycles. The van der Waals surface area contributed by atoms with E-state index < -0.39 is 0 Å². The molecule has 0 saturated carbocycles. The van der Waals surface area contributed by atoms with Crippen LogP contribution >= 0.6 is 0 Å². The van der Waals surface area contributed by atoms with Gasteiger partial charge in [0.25, 0.3) is 0 Å². The van der Waals surface area contributed by atoms with Crippen LogP contribution in [0.15, 0.2) is 60.9 Å². The van der Waals surface area contributed by atoms with Gasteiger partial charge in [0.1, 0.15) is 0 Å². The van der Waals surface area contributed by atoms with E-state index in [1.807, 2.05) is 12.4 Å². The first-order chi connectivity index (χ1) is 12.8. The number of aromatic nitrogens is 2. The highest BCUT2D eigenvalue weighted by molar-refractivity contribution is 6.08. The minimum absolute atomic E-state index is 0.668. The van der Waals surface area contributed by atoms with Crippen molar-refractivity contribution >= 4 is 27.5 Å². The molecule has 2 aliphatic heterocycles. The summed E-state index contributed by atoms with van der Waals surface area (Å²) in [5.41, 5.74) is 6.00. The zero-order valence-corrected chi connectivity index (χ0v) is 14.4. The third kappa shape index (κ3) is 2.09. The van der Waals surface area contributed by atoms with E-state index in [1.54, 1.807) is 0 Å². The van der Waals surface area contributed by atoms with Gasteiger partial charge in [-0.25, -0.2) is 0 Å². The maximum atomic E-state index is 4.54. The van der Waals surface area contributed by atoms with Crippen LogP contribution in [0.25, 0.3) is 32.9 Å². The number of hydrogen-bond donors (Lipinski definition) is 2. The lowest BCUT2D eigenvalue weighted by molar-refractivity contribution is 0.297. The lowest BCUT2D eigenvalue weighted by Crippen LogP contribution is -2.51. The van der Waals surface area contributed by atoms with E-state index in [0.717, 1.165) is 25.6 Å². The fourth-order valence-corrected chi connectivity index (χ4v) is 4.45. The molecule has 4 heterocycles. The second-order valence-corrected chi connectivity index (χ2v) is 7.54. The predicted molar refractivity (Wildman–Crippen MR) is 107 cm³/mol. The average molecular weight is 340 g/mol. The van der Waals surface area contributed by atoms with Crippen molar-refractivity contribution < 1.29 is 0 Å². The van der Waals surface area contributed by atoms with Crippen LogP contribution in [0.4, 0.5) is 5.69 Å². The zero-order chi connectivity index (χ0) is 17.1. The molecule has 4 nitrogen and oxygen atoms in total. The lowest BCUT2D eigenvalue weighted by atomic mass is 9.96. The zero-order valence-electron chi connectivity index (χ0n) is 14.4. The van der Waals surface area contributed by atoms with Gasteiger partial charge < -0.3 is 15.2 Å². The van der Waals surface area contributed by atoms with Crippen LogP contribution < -0.4 is 10.2 Å². The van der Waals surface area contributed by atoms with Crippen LogP contribution in [0.3, 0.4) is 0 Å². The van der Waals surface area contributed by atoms with Crippen molar-refractivity contribution in [1.82, 2.24) is 15.3 Å². The molecule has 0 radical (unpaired) electrons. The van der Waals surface area contributed by atoms with Gasteiger partial charge in [-0.2, -0.15) is 0 Å². The maximum Gasteiger partial charge on any atom is 0.0559 e. The Kier molecular flexibility index (Phi) is 2.93. The standard InChI is InChI=1S/C22H20N4/c1-2-4-20-18(3-1)19-8-14(5-6-21(19)25-20)15-7-17(11-23-9-15)26-12-16-10-24-22(16)13-26/h1-9,11,16,22,24-25H,10,12-13H2/t16-,22+/m0/s1. The van der Waals surface area contributed by atoms with E-state index in [9.17, 15) is 0 Å². The van der Waals surface area contributed by atoms with Gasteiger partial charge in [-0.1, -0.05) is 24.3 Å². The van der Waals surface area contributed by atoms with Crippen molar-refractivity contribution in [3.63, 3.8) is 0 Å². The molecule has 2 aliphatic rings. The number of rotatable bonds is 2. The Morgan fingerprint density at radius 1 is 0.885 bits per heavy atom. The van der Waals surface area contributed by atoms with Gasteiger partial charge >= 0.3 is 0 Å². The Labute approximate surface area is 151 Å². The number of H-pyrrole nitrogens is 1. The number of aromatic amines is 1. The monoisotopic (exact) mass is 340 g/mol. The minimum Gasteiger partial charge on any atom is -0.368 e. The third-order valence-electron chi connectivity index (χ3n) is 6.01. The number of benzene rings is 2. The molecule has 6 rings (SSSR count). The highest BCUT2D eigenvalue weighted by atomic mass is 15.2. The quantitative estimate of drug-likeness (QED) is 0.583. The van der Waals surface area contributed by atoms with E-state index >= 15 is 0 Å². The lowest BCUT2D eigenvalue weighted by Gasteiger charge is -2.29. The van der Waals surface area contributed by atoms with E-state index in [0.29, 0.717) is 6.04 Å². The van der Waals surface area contributed by atoms with Crippen LogP contribution in [0, 0.1) is 5.92 Å². The molecule has 4 aromatic rings. The summed E-state index contributed by atoms with van der Waals surface area (Å²) in [7, 11) is 0. The molecule has 0 bridgehead atoms. The molecule has 2 N–H and O–H groups in total. The molecule has 0 amide bonds. The number of nitrogens with zero attached hydrogens (tertiary/aromatic N) is 2. The predicted octanol–water partition coefficient (Wildman–Crippen LogP) is 3.79. The van der Waals surface area contributed by atoms with Gasteiger partial charge in [-0.3, -0.25) is 4.98 Å². The molecule has 2 aromatic heterocycles. The molecule has 26 heavy (non-hydrogen) atoms. The fourth-order valence-electron chi connectivity index (χ4n) is 4.45. The Morgan fingerprint density at radius 2 is 1.81 bits per heavy atom. The molecule has 128 valence electrons. The summed E-state index contributed by atoms with van der Waals surface area (Å²) >= 11 is 0. The molecule has 0 aliphatic carbocycles. The van der Waals surface area contributed by atoms with Crippen molar-refractivity contribution in [2.75, 3.05) is 24.5 Å². The highest BCUT2D eigenvalue weighted by Crippen LogP contribution is 2.33. The average Bonchev–Trinajstić information content (AvgIpc) is 3.19. The fraction of sp³-hybridized carbons (Fsp3) is 0.227. The van der Waals surface area contributed by atoms with Crippen molar-refractivity contribution in [3.8, 4) is 11.1 Å². The summed E-state index contributed by atoms with van der Waals surface area (Å²) in [5, 5.41) is 6.07. The SMILES string of the molecule is c1ccc2c(c1)[nH]c1ccc(-c3cncc(N4C[C@@H]5CN[C@@H]5C4)c3)cc12. The number of hydrogen-bond acceptors (Lipinski definition) is 3. The molecule has 2 saturated heterocycles. The largest absolute Gasteiger partial charge is 0.368 e.